The molecule has 0 bridgehead atoms. The number of benzene rings is 1. The zero-order chi connectivity index (χ0) is 17.6. The topological polar surface area (TPSA) is 54.0 Å². The molecule has 2 N–H and O–H groups in total. The number of nitrogens with one attached hydrogen (secondary N) is 2. The Labute approximate surface area is 159 Å². The highest BCUT2D eigenvalue weighted by Gasteiger charge is 2.07. The summed E-state index contributed by atoms with van der Waals surface area (Å²) in [4.78, 5) is 16.9. The summed E-state index contributed by atoms with van der Waals surface area (Å²) in [5.74, 6) is 0.366. The summed E-state index contributed by atoms with van der Waals surface area (Å²) in [6.07, 6.45) is 2.46. The number of hydrogen-bond acceptors (Lipinski definition) is 4. The second kappa shape index (κ2) is 8.34. The molecule has 1 amide bonds. The standard InChI is InChI=1S/C18H15Cl2N3OS/c19-13-4-3-12(15(20)10-13)7-8-21-14-5-6-17(22-11-14)23-18(24)16-2-1-9-25-16/h1-6,9-11,21H,7-8H2,(H,22,23,24). The van der Waals surface area contributed by atoms with Crippen LogP contribution in [0.2, 0.25) is 10.0 Å². The molecule has 0 aliphatic rings. The van der Waals surface area contributed by atoms with Crippen LogP contribution >= 0.6 is 34.5 Å². The monoisotopic (exact) mass is 391 g/mol. The van der Waals surface area contributed by atoms with Crippen LogP contribution in [0.5, 0.6) is 0 Å². The third-order valence-electron chi connectivity index (χ3n) is 3.49. The van der Waals surface area contributed by atoms with E-state index in [0.29, 0.717) is 27.3 Å². The highest BCUT2D eigenvalue weighted by molar-refractivity contribution is 7.12. The number of rotatable bonds is 6. The van der Waals surface area contributed by atoms with E-state index >= 15 is 0 Å². The van der Waals surface area contributed by atoms with Crippen LogP contribution in [0.3, 0.4) is 0 Å². The molecule has 128 valence electrons. The molecule has 3 rings (SSSR count). The Bertz CT molecular complexity index is 851. The van der Waals surface area contributed by atoms with Crippen molar-refractivity contribution in [2.75, 3.05) is 17.2 Å². The number of carbonyl (C=O) groups is 1. The number of amides is 1. The minimum atomic E-state index is -0.152. The van der Waals surface area contributed by atoms with E-state index in [4.69, 9.17) is 23.2 Å². The third-order valence-corrected chi connectivity index (χ3v) is 4.94. The Hall–Kier alpha value is -2.08. The van der Waals surface area contributed by atoms with Gasteiger partial charge < -0.3 is 10.6 Å². The molecule has 0 unspecified atom stereocenters. The minimum absolute atomic E-state index is 0.152. The zero-order valence-corrected chi connectivity index (χ0v) is 15.5. The number of anilines is 2. The molecule has 0 fully saturated rings. The van der Waals surface area contributed by atoms with Gasteiger partial charge in [-0.25, -0.2) is 4.98 Å². The molecular formula is C18H15Cl2N3OS. The first-order chi connectivity index (χ1) is 12.1. The molecule has 0 aliphatic heterocycles. The summed E-state index contributed by atoms with van der Waals surface area (Å²) in [5, 5.41) is 9.21. The molecule has 0 aliphatic carbocycles. The molecule has 2 aromatic heterocycles. The summed E-state index contributed by atoms with van der Waals surface area (Å²) in [6, 6.07) is 12.8. The summed E-state index contributed by atoms with van der Waals surface area (Å²) < 4.78 is 0. The molecule has 0 atom stereocenters. The lowest BCUT2D eigenvalue weighted by Gasteiger charge is -2.09. The molecule has 4 nitrogen and oxygen atoms in total. The summed E-state index contributed by atoms with van der Waals surface area (Å²) in [7, 11) is 0. The van der Waals surface area contributed by atoms with Crippen molar-refractivity contribution < 1.29 is 4.79 Å². The molecule has 3 aromatic rings. The van der Waals surface area contributed by atoms with Gasteiger partial charge in [0.05, 0.1) is 16.8 Å². The van der Waals surface area contributed by atoms with Crippen LogP contribution in [0.15, 0.2) is 54.0 Å². The molecule has 2 heterocycles. The first-order valence-corrected chi connectivity index (χ1v) is 9.24. The van der Waals surface area contributed by atoms with Crippen LogP contribution in [0.1, 0.15) is 15.2 Å². The van der Waals surface area contributed by atoms with Crippen molar-refractivity contribution >= 4 is 52.0 Å². The SMILES string of the molecule is O=C(Nc1ccc(NCCc2ccc(Cl)cc2Cl)cn1)c1cccs1. The van der Waals surface area contributed by atoms with Gasteiger partial charge >= 0.3 is 0 Å². The Morgan fingerprint density at radius 2 is 2.04 bits per heavy atom. The van der Waals surface area contributed by atoms with Gasteiger partial charge in [-0.1, -0.05) is 35.3 Å². The highest BCUT2D eigenvalue weighted by Crippen LogP contribution is 2.21. The lowest BCUT2D eigenvalue weighted by atomic mass is 10.1. The Kier molecular flexibility index (Phi) is 5.91. The van der Waals surface area contributed by atoms with Crippen molar-refractivity contribution in [1.82, 2.24) is 4.98 Å². The predicted octanol–water partition coefficient (Wildman–Crippen LogP) is 5.36. The van der Waals surface area contributed by atoms with E-state index in [0.717, 1.165) is 17.7 Å². The van der Waals surface area contributed by atoms with E-state index in [-0.39, 0.29) is 5.91 Å². The number of halogens is 2. The zero-order valence-electron chi connectivity index (χ0n) is 13.1. The minimum Gasteiger partial charge on any atom is -0.383 e. The van der Waals surface area contributed by atoms with E-state index in [1.54, 1.807) is 24.4 Å². The van der Waals surface area contributed by atoms with Crippen LogP contribution in [0.25, 0.3) is 0 Å². The van der Waals surface area contributed by atoms with E-state index in [1.807, 2.05) is 29.6 Å². The van der Waals surface area contributed by atoms with Gasteiger partial charge in [0, 0.05) is 16.6 Å². The van der Waals surface area contributed by atoms with Gasteiger partial charge in [0.1, 0.15) is 5.82 Å². The van der Waals surface area contributed by atoms with Gasteiger partial charge in [-0.15, -0.1) is 11.3 Å². The molecule has 7 heteroatoms. The largest absolute Gasteiger partial charge is 0.383 e. The first-order valence-electron chi connectivity index (χ1n) is 7.60. The lowest BCUT2D eigenvalue weighted by molar-refractivity contribution is 0.103. The van der Waals surface area contributed by atoms with Crippen LogP contribution in [-0.4, -0.2) is 17.4 Å². The molecule has 0 radical (unpaired) electrons. The highest BCUT2D eigenvalue weighted by atomic mass is 35.5. The van der Waals surface area contributed by atoms with Crippen molar-refractivity contribution in [1.29, 1.82) is 0 Å². The Morgan fingerprint density at radius 1 is 1.16 bits per heavy atom. The van der Waals surface area contributed by atoms with Gasteiger partial charge in [-0.2, -0.15) is 0 Å². The smallest absolute Gasteiger partial charge is 0.266 e. The quantitative estimate of drug-likeness (QED) is 0.594. The summed E-state index contributed by atoms with van der Waals surface area (Å²) >= 11 is 13.4. The average Bonchev–Trinajstić information content (AvgIpc) is 3.13. The molecular weight excluding hydrogens is 377 g/mol. The number of hydrogen-bond donors (Lipinski definition) is 2. The maximum absolute atomic E-state index is 12.0. The molecule has 0 saturated carbocycles. The summed E-state index contributed by atoms with van der Waals surface area (Å²) in [6.45, 7) is 0.712. The molecule has 1 aromatic carbocycles. The van der Waals surface area contributed by atoms with Gasteiger partial charge in [0.2, 0.25) is 0 Å². The average molecular weight is 392 g/mol. The van der Waals surface area contributed by atoms with E-state index < -0.39 is 0 Å². The Balaban J connectivity index is 1.51. The molecule has 25 heavy (non-hydrogen) atoms. The number of aromatic nitrogens is 1. The van der Waals surface area contributed by atoms with Gasteiger partial charge in [0.15, 0.2) is 0 Å². The normalized spacial score (nSPS) is 10.5. The van der Waals surface area contributed by atoms with Crippen molar-refractivity contribution in [3.63, 3.8) is 0 Å². The van der Waals surface area contributed by atoms with E-state index in [9.17, 15) is 4.79 Å². The fourth-order valence-electron chi connectivity index (χ4n) is 2.22. The molecule has 0 saturated heterocycles. The number of nitrogens with zero attached hydrogens (tertiary/aromatic N) is 1. The lowest BCUT2D eigenvalue weighted by Crippen LogP contribution is -2.11. The first kappa shape index (κ1) is 17.7. The predicted molar refractivity (Wildman–Crippen MR) is 105 cm³/mol. The number of carbonyl (C=O) groups excluding carboxylic acids is 1. The van der Waals surface area contributed by atoms with Crippen molar-refractivity contribution in [2.24, 2.45) is 0 Å². The van der Waals surface area contributed by atoms with Gasteiger partial charge in [0.25, 0.3) is 5.91 Å². The van der Waals surface area contributed by atoms with Crippen molar-refractivity contribution in [3.8, 4) is 0 Å². The van der Waals surface area contributed by atoms with Crippen LogP contribution in [-0.2, 0) is 6.42 Å². The van der Waals surface area contributed by atoms with Crippen LogP contribution in [0.4, 0.5) is 11.5 Å². The Morgan fingerprint density at radius 3 is 2.72 bits per heavy atom. The third kappa shape index (κ3) is 4.95. The van der Waals surface area contributed by atoms with Crippen LogP contribution in [0, 0.1) is 0 Å². The van der Waals surface area contributed by atoms with Crippen molar-refractivity contribution in [3.05, 3.63) is 74.5 Å². The van der Waals surface area contributed by atoms with Crippen molar-refractivity contribution in [2.45, 2.75) is 6.42 Å². The van der Waals surface area contributed by atoms with E-state index in [1.165, 1.54) is 11.3 Å². The maximum Gasteiger partial charge on any atom is 0.266 e. The van der Waals surface area contributed by atoms with Gasteiger partial charge in [-0.05, 0) is 47.7 Å². The second-order valence-corrected chi connectivity index (χ2v) is 7.07. The molecule has 0 spiro atoms. The fourth-order valence-corrected chi connectivity index (χ4v) is 3.35. The second-order valence-electron chi connectivity index (χ2n) is 5.28. The fraction of sp³-hybridized carbons (Fsp3) is 0.111. The maximum atomic E-state index is 12.0. The van der Waals surface area contributed by atoms with Crippen LogP contribution < -0.4 is 10.6 Å². The van der Waals surface area contributed by atoms with E-state index in [2.05, 4.69) is 15.6 Å². The summed E-state index contributed by atoms with van der Waals surface area (Å²) in [5.41, 5.74) is 1.91. The van der Waals surface area contributed by atoms with Gasteiger partial charge in [-0.3, -0.25) is 4.79 Å². The number of thiophene rings is 1. The number of pyridine rings is 1.